The molecule has 0 aromatic heterocycles. The summed E-state index contributed by atoms with van der Waals surface area (Å²) in [7, 11) is 0. The lowest BCUT2D eigenvalue weighted by molar-refractivity contribution is 0.113. The van der Waals surface area contributed by atoms with Crippen LogP contribution in [0.25, 0.3) is 0 Å². The van der Waals surface area contributed by atoms with Crippen molar-refractivity contribution in [2.24, 2.45) is 5.92 Å². The van der Waals surface area contributed by atoms with Gasteiger partial charge in [0, 0.05) is 13.2 Å². The van der Waals surface area contributed by atoms with Crippen LogP contribution in [0.4, 0.5) is 4.79 Å². The smallest absolute Gasteiger partial charge is 0.407 e. The number of carbonyl (C=O) groups excluding carboxylic acids is 1. The van der Waals surface area contributed by atoms with E-state index >= 15 is 0 Å². The first-order chi connectivity index (χ1) is 7.10. The zero-order chi connectivity index (χ0) is 11.7. The second-order valence-corrected chi connectivity index (χ2v) is 4.00. The lowest BCUT2D eigenvalue weighted by Crippen LogP contribution is -2.31. The van der Waals surface area contributed by atoms with Gasteiger partial charge in [-0.25, -0.2) is 4.79 Å². The van der Waals surface area contributed by atoms with Gasteiger partial charge in [0.2, 0.25) is 0 Å². The number of carbonyl (C=O) groups is 1. The van der Waals surface area contributed by atoms with Crippen molar-refractivity contribution in [3.05, 3.63) is 0 Å². The Balaban J connectivity index is 3.72. The number of rotatable bonds is 7. The summed E-state index contributed by atoms with van der Waals surface area (Å²) in [5, 5.41) is 11.5. The van der Waals surface area contributed by atoms with Gasteiger partial charge in [-0.3, -0.25) is 0 Å². The first-order valence-corrected chi connectivity index (χ1v) is 5.65. The Kier molecular flexibility index (Phi) is 8.09. The molecule has 1 amide bonds. The zero-order valence-electron chi connectivity index (χ0n) is 9.95. The normalized spacial score (nSPS) is 12.6. The van der Waals surface area contributed by atoms with E-state index in [1.54, 1.807) is 0 Å². The van der Waals surface area contributed by atoms with Crippen LogP contribution in [-0.4, -0.2) is 30.5 Å². The third kappa shape index (κ3) is 8.24. The molecule has 0 saturated heterocycles. The van der Waals surface area contributed by atoms with Gasteiger partial charge in [-0.05, 0) is 32.6 Å². The predicted octanol–water partition coefficient (Wildman–Crippen LogP) is 1.92. The van der Waals surface area contributed by atoms with E-state index in [2.05, 4.69) is 12.2 Å². The quantitative estimate of drug-likeness (QED) is 0.685. The topological polar surface area (TPSA) is 58.6 Å². The average molecular weight is 217 g/mol. The summed E-state index contributed by atoms with van der Waals surface area (Å²) in [4.78, 5) is 11.2. The van der Waals surface area contributed by atoms with Gasteiger partial charge in [-0.1, -0.05) is 13.3 Å². The lowest BCUT2D eigenvalue weighted by atomic mass is 10.0. The fourth-order valence-electron chi connectivity index (χ4n) is 1.42. The van der Waals surface area contributed by atoms with Crippen molar-refractivity contribution in [3.63, 3.8) is 0 Å². The zero-order valence-corrected chi connectivity index (χ0v) is 9.95. The van der Waals surface area contributed by atoms with Crippen LogP contribution in [0.1, 0.15) is 40.0 Å². The molecule has 15 heavy (non-hydrogen) atoms. The van der Waals surface area contributed by atoms with Gasteiger partial charge in [-0.15, -0.1) is 0 Å². The molecule has 1 unspecified atom stereocenters. The van der Waals surface area contributed by atoms with E-state index < -0.39 is 0 Å². The van der Waals surface area contributed by atoms with Gasteiger partial charge in [0.05, 0.1) is 6.10 Å². The fourth-order valence-corrected chi connectivity index (χ4v) is 1.42. The fraction of sp³-hybridized carbons (Fsp3) is 0.909. The molecular formula is C11H23NO3. The second kappa shape index (κ2) is 8.53. The summed E-state index contributed by atoms with van der Waals surface area (Å²) < 4.78 is 4.94. The number of aliphatic hydroxyl groups is 1. The van der Waals surface area contributed by atoms with Crippen LogP contribution in [0.5, 0.6) is 0 Å². The maximum absolute atomic E-state index is 11.2. The summed E-state index contributed by atoms with van der Waals surface area (Å²) in [6.45, 7) is 6.48. The van der Waals surface area contributed by atoms with E-state index in [9.17, 15) is 4.79 Å². The minimum atomic E-state index is -0.371. The van der Waals surface area contributed by atoms with Crippen LogP contribution in [0.15, 0.2) is 0 Å². The Morgan fingerprint density at radius 3 is 2.53 bits per heavy atom. The Labute approximate surface area is 92.0 Å². The molecule has 1 atom stereocenters. The molecule has 4 nitrogen and oxygen atoms in total. The molecule has 0 fully saturated rings. The van der Waals surface area contributed by atoms with Crippen LogP contribution in [0.3, 0.4) is 0 Å². The van der Waals surface area contributed by atoms with E-state index in [-0.39, 0.29) is 18.8 Å². The number of hydrogen-bond donors (Lipinski definition) is 2. The van der Waals surface area contributed by atoms with E-state index in [0.717, 1.165) is 19.3 Å². The van der Waals surface area contributed by atoms with Crippen molar-refractivity contribution in [2.75, 3.05) is 13.2 Å². The number of aliphatic hydroxyl groups excluding tert-OH is 1. The lowest BCUT2D eigenvalue weighted by Gasteiger charge is -2.16. The Morgan fingerprint density at radius 2 is 2.07 bits per heavy atom. The molecule has 0 rings (SSSR count). The minimum absolute atomic E-state index is 0.0903. The number of hydrogen-bond acceptors (Lipinski definition) is 3. The monoisotopic (exact) mass is 217 g/mol. The summed E-state index contributed by atoms with van der Waals surface area (Å²) >= 11 is 0. The maximum atomic E-state index is 11.2. The van der Waals surface area contributed by atoms with E-state index in [1.165, 1.54) is 0 Å². The summed E-state index contributed by atoms with van der Waals surface area (Å²) in [5.74, 6) is 0.347. The molecule has 0 aliphatic heterocycles. The second-order valence-electron chi connectivity index (χ2n) is 4.00. The molecule has 4 heteroatoms. The van der Waals surface area contributed by atoms with Crippen molar-refractivity contribution >= 4 is 6.09 Å². The maximum Gasteiger partial charge on any atom is 0.407 e. The molecule has 0 radical (unpaired) electrons. The standard InChI is InChI=1S/C11H23NO3/c1-4-5-10(6-7-13)8-12-11(14)15-9(2)3/h9-10,13H,4-8H2,1-3H3,(H,12,14). The Hall–Kier alpha value is -0.770. The molecule has 90 valence electrons. The van der Waals surface area contributed by atoms with Gasteiger partial charge in [-0.2, -0.15) is 0 Å². The molecule has 0 aliphatic carbocycles. The van der Waals surface area contributed by atoms with Crippen molar-refractivity contribution in [1.82, 2.24) is 5.32 Å². The van der Waals surface area contributed by atoms with Gasteiger partial charge in [0.25, 0.3) is 0 Å². The van der Waals surface area contributed by atoms with Crippen LogP contribution >= 0.6 is 0 Å². The molecule has 2 N–H and O–H groups in total. The third-order valence-corrected chi connectivity index (χ3v) is 2.11. The van der Waals surface area contributed by atoms with E-state index in [0.29, 0.717) is 12.5 Å². The number of alkyl carbamates (subject to hydrolysis) is 1. The molecule has 0 bridgehead atoms. The van der Waals surface area contributed by atoms with Gasteiger partial charge < -0.3 is 15.2 Å². The molecular weight excluding hydrogens is 194 g/mol. The first kappa shape index (κ1) is 14.2. The molecule has 0 spiro atoms. The minimum Gasteiger partial charge on any atom is -0.447 e. The highest BCUT2D eigenvalue weighted by Crippen LogP contribution is 2.09. The molecule has 0 saturated carbocycles. The van der Waals surface area contributed by atoms with Gasteiger partial charge in [0.1, 0.15) is 0 Å². The van der Waals surface area contributed by atoms with E-state index in [4.69, 9.17) is 9.84 Å². The average Bonchev–Trinajstić information content (AvgIpc) is 2.14. The van der Waals surface area contributed by atoms with Gasteiger partial charge >= 0.3 is 6.09 Å². The van der Waals surface area contributed by atoms with Gasteiger partial charge in [0.15, 0.2) is 0 Å². The van der Waals surface area contributed by atoms with Crippen molar-refractivity contribution < 1.29 is 14.6 Å². The van der Waals surface area contributed by atoms with Crippen LogP contribution in [0.2, 0.25) is 0 Å². The summed E-state index contributed by atoms with van der Waals surface area (Å²) in [6.07, 6.45) is 2.35. The van der Waals surface area contributed by atoms with Crippen molar-refractivity contribution in [1.29, 1.82) is 0 Å². The van der Waals surface area contributed by atoms with Crippen molar-refractivity contribution in [2.45, 2.75) is 46.1 Å². The highest BCUT2D eigenvalue weighted by atomic mass is 16.6. The Morgan fingerprint density at radius 1 is 1.40 bits per heavy atom. The highest BCUT2D eigenvalue weighted by Gasteiger charge is 2.10. The van der Waals surface area contributed by atoms with Crippen LogP contribution < -0.4 is 5.32 Å². The van der Waals surface area contributed by atoms with Crippen LogP contribution in [0, 0.1) is 5.92 Å². The van der Waals surface area contributed by atoms with Crippen LogP contribution in [-0.2, 0) is 4.74 Å². The number of amides is 1. The number of nitrogens with one attached hydrogen (secondary N) is 1. The molecule has 0 aromatic rings. The molecule has 0 aromatic carbocycles. The predicted molar refractivity (Wildman–Crippen MR) is 59.7 cm³/mol. The first-order valence-electron chi connectivity index (χ1n) is 5.65. The summed E-state index contributed by atoms with van der Waals surface area (Å²) in [6, 6.07) is 0. The molecule has 0 aliphatic rings. The highest BCUT2D eigenvalue weighted by molar-refractivity contribution is 5.67. The SMILES string of the molecule is CCCC(CCO)CNC(=O)OC(C)C. The molecule has 0 heterocycles. The van der Waals surface area contributed by atoms with Crippen molar-refractivity contribution in [3.8, 4) is 0 Å². The third-order valence-electron chi connectivity index (χ3n) is 2.11. The largest absolute Gasteiger partial charge is 0.447 e. The van der Waals surface area contributed by atoms with E-state index in [1.807, 2.05) is 13.8 Å². The summed E-state index contributed by atoms with van der Waals surface area (Å²) in [5.41, 5.74) is 0. The Bertz CT molecular complexity index is 165. The number of ether oxygens (including phenoxy) is 1.